The van der Waals surface area contributed by atoms with E-state index < -0.39 is 10.0 Å². The summed E-state index contributed by atoms with van der Waals surface area (Å²) in [5.74, 6) is 0.362. The second-order valence-corrected chi connectivity index (χ2v) is 6.54. The van der Waals surface area contributed by atoms with E-state index in [1.165, 1.54) is 12.1 Å². The van der Waals surface area contributed by atoms with Crippen LogP contribution in [-0.2, 0) is 10.0 Å². The van der Waals surface area contributed by atoms with E-state index in [1.807, 2.05) is 13.8 Å². The molecular formula is C13H20FNO3S. The van der Waals surface area contributed by atoms with Gasteiger partial charge >= 0.3 is 0 Å². The Morgan fingerprint density at radius 2 is 2.05 bits per heavy atom. The number of benzene rings is 1. The molecule has 0 aliphatic rings. The third kappa shape index (κ3) is 6.54. The second kappa shape index (κ2) is 6.86. The number of aryl methyl sites for hydroxylation is 1. The summed E-state index contributed by atoms with van der Waals surface area (Å²) < 4.78 is 40.2. The molecule has 0 aromatic heterocycles. The molecule has 0 saturated carbocycles. The van der Waals surface area contributed by atoms with Gasteiger partial charge in [-0.15, -0.1) is 0 Å². The highest BCUT2D eigenvalue weighted by Crippen LogP contribution is 2.19. The van der Waals surface area contributed by atoms with Crippen LogP contribution in [0, 0.1) is 18.7 Å². The molecule has 0 saturated heterocycles. The molecule has 0 aliphatic carbocycles. The normalized spacial score (nSPS) is 13.3. The van der Waals surface area contributed by atoms with Crippen LogP contribution in [-0.4, -0.2) is 20.8 Å². The van der Waals surface area contributed by atoms with Crippen LogP contribution in [0.2, 0.25) is 0 Å². The molecule has 0 heterocycles. The van der Waals surface area contributed by atoms with Crippen molar-refractivity contribution in [2.75, 3.05) is 12.4 Å². The molecule has 1 aromatic rings. The van der Waals surface area contributed by atoms with Crippen LogP contribution in [0.3, 0.4) is 0 Å². The Balaban J connectivity index is 2.35. The lowest BCUT2D eigenvalue weighted by Gasteiger charge is -2.13. The molecule has 0 spiro atoms. The van der Waals surface area contributed by atoms with E-state index in [2.05, 4.69) is 0 Å². The van der Waals surface area contributed by atoms with Crippen molar-refractivity contribution < 1.29 is 17.5 Å². The minimum Gasteiger partial charge on any atom is -0.493 e. The van der Waals surface area contributed by atoms with Crippen LogP contribution >= 0.6 is 0 Å². The van der Waals surface area contributed by atoms with E-state index in [-0.39, 0.29) is 17.5 Å². The van der Waals surface area contributed by atoms with Gasteiger partial charge in [0.15, 0.2) is 0 Å². The summed E-state index contributed by atoms with van der Waals surface area (Å²) in [7, 11) is -3.40. The van der Waals surface area contributed by atoms with Gasteiger partial charge in [0.1, 0.15) is 11.6 Å². The highest BCUT2D eigenvalue weighted by atomic mass is 32.2. The molecule has 1 atom stereocenters. The molecule has 0 radical (unpaired) electrons. The zero-order valence-electron chi connectivity index (χ0n) is 11.2. The van der Waals surface area contributed by atoms with Gasteiger partial charge in [-0.05, 0) is 37.3 Å². The van der Waals surface area contributed by atoms with Gasteiger partial charge in [-0.2, -0.15) is 0 Å². The minimum atomic E-state index is -3.40. The minimum absolute atomic E-state index is 0.0207. The summed E-state index contributed by atoms with van der Waals surface area (Å²) in [6, 6.07) is 4.40. The van der Waals surface area contributed by atoms with Gasteiger partial charge in [0.05, 0.1) is 12.4 Å². The van der Waals surface area contributed by atoms with Crippen molar-refractivity contribution in [1.29, 1.82) is 0 Å². The molecule has 19 heavy (non-hydrogen) atoms. The number of hydrogen-bond acceptors (Lipinski definition) is 3. The van der Waals surface area contributed by atoms with Crippen molar-refractivity contribution in [1.82, 2.24) is 0 Å². The lowest BCUT2D eigenvalue weighted by molar-refractivity contribution is 0.279. The van der Waals surface area contributed by atoms with Gasteiger partial charge in [0.25, 0.3) is 0 Å². The van der Waals surface area contributed by atoms with Crippen LogP contribution in [0.1, 0.15) is 25.3 Å². The largest absolute Gasteiger partial charge is 0.493 e. The molecular weight excluding hydrogens is 269 g/mol. The first-order valence-corrected chi connectivity index (χ1v) is 7.89. The molecule has 6 heteroatoms. The molecule has 4 nitrogen and oxygen atoms in total. The summed E-state index contributed by atoms with van der Waals surface area (Å²) in [5.41, 5.74) is 0.874. The predicted molar refractivity (Wildman–Crippen MR) is 73.0 cm³/mol. The van der Waals surface area contributed by atoms with E-state index in [0.29, 0.717) is 25.2 Å². The summed E-state index contributed by atoms with van der Waals surface area (Å²) in [6.07, 6.45) is 1.20. The van der Waals surface area contributed by atoms with E-state index in [0.717, 1.165) is 5.56 Å². The quantitative estimate of drug-likeness (QED) is 0.836. The van der Waals surface area contributed by atoms with Gasteiger partial charge in [-0.1, -0.05) is 13.0 Å². The fraction of sp³-hybridized carbons (Fsp3) is 0.538. The van der Waals surface area contributed by atoms with Gasteiger partial charge < -0.3 is 4.74 Å². The molecule has 108 valence electrons. The van der Waals surface area contributed by atoms with Crippen LogP contribution in [0.5, 0.6) is 5.75 Å². The molecule has 0 fully saturated rings. The Bertz CT molecular complexity index is 517. The molecule has 1 aromatic carbocycles. The first kappa shape index (κ1) is 15.9. The summed E-state index contributed by atoms with van der Waals surface area (Å²) in [5, 5.41) is 4.94. The molecule has 1 unspecified atom stereocenters. The van der Waals surface area contributed by atoms with Crippen LogP contribution in [0.15, 0.2) is 18.2 Å². The van der Waals surface area contributed by atoms with Crippen molar-refractivity contribution in [3.8, 4) is 5.75 Å². The number of primary sulfonamides is 1. The number of rotatable bonds is 7. The van der Waals surface area contributed by atoms with Crippen LogP contribution in [0.4, 0.5) is 4.39 Å². The van der Waals surface area contributed by atoms with E-state index in [9.17, 15) is 12.8 Å². The molecule has 0 amide bonds. The lowest BCUT2D eigenvalue weighted by atomic mass is 10.1. The van der Waals surface area contributed by atoms with Gasteiger partial charge in [0, 0.05) is 6.07 Å². The molecule has 1 rings (SSSR count). The number of ether oxygens (including phenoxy) is 1. The SMILES string of the molecule is Cc1ccc(F)cc1OCCC(C)CCS(N)(=O)=O. The van der Waals surface area contributed by atoms with Gasteiger partial charge in [0.2, 0.25) is 10.0 Å². The maximum Gasteiger partial charge on any atom is 0.209 e. The first-order chi connectivity index (χ1) is 8.78. The highest BCUT2D eigenvalue weighted by Gasteiger charge is 2.09. The summed E-state index contributed by atoms with van der Waals surface area (Å²) in [6.45, 7) is 4.21. The van der Waals surface area contributed by atoms with Crippen molar-refractivity contribution in [3.05, 3.63) is 29.6 Å². The lowest BCUT2D eigenvalue weighted by Crippen LogP contribution is -2.18. The Kier molecular flexibility index (Phi) is 5.75. The van der Waals surface area contributed by atoms with E-state index in [4.69, 9.17) is 9.88 Å². The van der Waals surface area contributed by atoms with Crippen molar-refractivity contribution >= 4 is 10.0 Å². The topological polar surface area (TPSA) is 69.4 Å². The first-order valence-electron chi connectivity index (χ1n) is 6.17. The third-order valence-electron chi connectivity index (χ3n) is 2.91. The monoisotopic (exact) mass is 289 g/mol. The Labute approximate surface area is 113 Å². The average Bonchev–Trinajstić information content (AvgIpc) is 2.30. The zero-order chi connectivity index (χ0) is 14.5. The van der Waals surface area contributed by atoms with E-state index in [1.54, 1.807) is 6.07 Å². The Morgan fingerprint density at radius 3 is 2.68 bits per heavy atom. The van der Waals surface area contributed by atoms with E-state index >= 15 is 0 Å². The number of sulfonamides is 1. The zero-order valence-corrected chi connectivity index (χ0v) is 12.0. The maximum atomic E-state index is 13.0. The van der Waals surface area contributed by atoms with Crippen molar-refractivity contribution in [3.63, 3.8) is 0 Å². The van der Waals surface area contributed by atoms with Crippen LogP contribution in [0.25, 0.3) is 0 Å². The number of nitrogens with two attached hydrogens (primary N) is 1. The molecule has 2 N–H and O–H groups in total. The standard InChI is InChI=1S/C13H20FNO3S/c1-10(6-8-19(15,16)17)5-7-18-13-9-12(14)4-3-11(13)2/h3-4,9-10H,5-8H2,1-2H3,(H2,15,16,17). The van der Waals surface area contributed by atoms with Crippen molar-refractivity contribution in [2.24, 2.45) is 11.1 Å². The Morgan fingerprint density at radius 1 is 1.37 bits per heavy atom. The van der Waals surface area contributed by atoms with Crippen molar-refractivity contribution in [2.45, 2.75) is 26.7 Å². The summed E-state index contributed by atoms with van der Waals surface area (Å²) >= 11 is 0. The van der Waals surface area contributed by atoms with Crippen LogP contribution < -0.4 is 9.88 Å². The molecule has 0 bridgehead atoms. The third-order valence-corrected chi connectivity index (χ3v) is 3.72. The maximum absolute atomic E-state index is 13.0. The van der Waals surface area contributed by atoms with Gasteiger partial charge in [-0.25, -0.2) is 17.9 Å². The summed E-state index contributed by atoms with van der Waals surface area (Å²) in [4.78, 5) is 0. The fourth-order valence-electron chi connectivity index (χ4n) is 1.61. The van der Waals surface area contributed by atoms with Gasteiger partial charge in [-0.3, -0.25) is 0 Å². The second-order valence-electron chi connectivity index (χ2n) is 4.81. The Hall–Kier alpha value is -1.14. The smallest absolute Gasteiger partial charge is 0.209 e. The molecule has 0 aliphatic heterocycles. The number of halogens is 1. The predicted octanol–water partition coefficient (Wildman–Crippen LogP) is 2.22. The highest BCUT2D eigenvalue weighted by molar-refractivity contribution is 7.89. The fourth-order valence-corrected chi connectivity index (χ4v) is 2.34. The number of hydrogen-bond donors (Lipinski definition) is 1. The average molecular weight is 289 g/mol.